The highest BCUT2D eigenvalue weighted by Crippen LogP contribution is 2.15. The summed E-state index contributed by atoms with van der Waals surface area (Å²) in [5, 5.41) is 3.50. The van der Waals surface area contributed by atoms with E-state index >= 15 is 0 Å². The molecule has 0 amide bonds. The number of aromatic nitrogens is 1. The molecule has 104 valence electrons. The lowest BCUT2D eigenvalue weighted by Crippen LogP contribution is -2.35. The first kappa shape index (κ1) is 15.5. The predicted molar refractivity (Wildman–Crippen MR) is 82.3 cm³/mol. The molecule has 19 heavy (non-hydrogen) atoms. The monoisotopic (exact) mass is 259 g/mol. The van der Waals surface area contributed by atoms with Crippen molar-refractivity contribution in [2.24, 2.45) is 0 Å². The van der Waals surface area contributed by atoms with Gasteiger partial charge in [-0.1, -0.05) is 12.8 Å². The predicted octanol–water partition coefficient (Wildman–Crippen LogP) is 2.60. The van der Waals surface area contributed by atoms with Crippen molar-refractivity contribution in [3.05, 3.63) is 23.4 Å². The first-order chi connectivity index (χ1) is 8.85. The SMILES string of the molecule is C#CCN(C)c1cc(CNC(C)(C)C)cc(CC)n1. The van der Waals surface area contributed by atoms with Crippen LogP contribution in [0, 0.1) is 12.3 Å². The highest BCUT2D eigenvalue weighted by molar-refractivity contribution is 5.43. The van der Waals surface area contributed by atoms with Gasteiger partial charge in [0.15, 0.2) is 0 Å². The van der Waals surface area contributed by atoms with Crippen molar-refractivity contribution in [3.8, 4) is 12.3 Å². The molecule has 0 aliphatic heterocycles. The molecule has 0 atom stereocenters. The van der Waals surface area contributed by atoms with Gasteiger partial charge in [-0.2, -0.15) is 0 Å². The standard InChI is InChI=1S/C16H25N3/c1-7-9-19(6)15-11-13(10-14(8-2)18-15)12-17-16(3,4)5/h1,10-11,17H,8-9,12H2,2-6H3. The maximum atomic E-state index is 5.36. The van der Waals surface area contributed by atoms with Crippen molar-refractivity contribution in [2.75, 3.05) is 18.5 Å². The minimum atomic E-state index is 0.112. The Bertz CT molecular complexity index is 452. The smallest absolute Gasteiger partial charge is 0.129 e. The molecule has 0 bridgehead atoms. The van der Waals surface area contributed by atoms with Crippen LogP contribution in [0.25, 0.3) is 0 Å². The maximum absolute atomic E-state index is 5.36. The third-order valence-electron chi connectivity index (χ3n) is 2.83. The van der Waals surface area contributed by atoms with Gasteiger partial charge < -0.3 is 10.2 Å². The summed E-state index contributed by atoms with van der Waals surface area (Å²) in [5.74, 6) is 3.60. The molecule has 1 rings (SSSR count). The van der Waals surface area contributed by atoms with E-state index in [2.05, 4.69) is 56.0 Å². The molecular formula is C16H25N3. The summed E-state index contributed by atoms with van der Waals surface area (Å²) >= 11 is 0. The fourth-order valence-electron chi connectivity index (χ4n) is 1.70. The second-order valence-electron chi connectivity index (χ2n) is 5.84. The molecule has 3 heteroatoms. The molecule has 0 radical (unpaired) electrons. The third kappa shape index (κ3) is 5.32. The van der Waals surface area contributed by atoms with Crippen LogP contribution >= 0.6 is 0 Å². The molecule has 3 nitrogen and oxygen atoms in total. The summed E-state index contributed by atoms with van der Waals surface area (Å²) in [6.45, 7) is 10.0. The summed E-state index contributed by atoms with van der Waals surface area (Å²) < 4.78 is 0. The number of aryl methyl sites for hydroxylation is 1. The van der Waals surface area contributed by atoms with E-state index in [1.807, 2.05) is 11.9 Å². The normalized spacial score (nSPS) is 11.2. The number of rotatable bonds is 5. The lowest BCUT2D eigenvalue weighted by Gasteiger charge is -2.22. The van der Waals surface area contributed by atoms with E-state index in [1.165, 1.54) is 5.56 Å². The molecule has 0 spiro atoms. The van der Waals surface area contributed by atoms with Crippen molar-refractivity contribution in [1.82, 2.24) is 10.3 Å². The Labute approximate surface area is 117 Å². The van der Waals surface area contributed by atoms with Gasteiger partial charge in [0.1, 0.15) is 5.82 Å². The van der Waals surface area contributed by atoms with Crippen LogP contribution in [0.1, 0.15) is 39.0 Å². The van der Waals surface area contributed by atoms with E-state index in [1.54, 1.807) is 0 Å². The fourth-order valence-corrected chi connectivity index (χ4v) is 1.70. The number of pyridine rings is 1. The van der Waals surface area contributed by atoms with Crippen LogP contribution in [0.4, 0.5) is 5.82 Å². The number of nitrogens with one attached hydrogen (secondary N) is 1. The molecule has 0 fully saturated rings. The van der Waals surface area contributed by atoms with Gasteiger partial charge in [-0.05, 0) is 44.9 Å². The van der Waals surface area contributed by atoms with Gasteiger partial charge in [-0.15, -0.1) is 6.42 Å². The Morgan fingerprint density at radius 2 is 2.05 bits per heavy atom. The molecule has 1 N–H and O–H groups in total. The van der Waals surface area contributed by atoms with Gasteiger partial charge in [0, 0.05) is 24.8 Å². The minimum absolute atomic E-state index is 0.112. The van der Waals surface area contributed by atoms with Gasteiger partial charge in [0.25, 0.3) is 0 Å². The Morgan fingerprint density at radius 3 is 2.58 bits per heavy atom. The molecule has 0 aliphatic rings. The van der Waals surface area contributed by atoms with Crippen LogP contribution < -0.4 is 10.2 Å². The molecule has 0 saturated heterocycles. The van der Waals surface area contributed by atoms with Crippen molar-refractivity contribution < 1.29 is 0 Å². The van der Waals surface area contributed by atoms with Crippen molar-refractivity contribution in [2.45, 2.75) is 46.2 Å². The number of nitrogens with zero attached hydrogens (tertiary/aromatic N) is 2. The van der Waals surface area contributed by atoms with Gasteiger partial charge >= 0.3 is 0 Å². The quantitative estimate of drug-likeness (QED) is 0.824. The molecule has 1 aromatic rings. The van der Waals surface area contributed by atoms with Crippen LogP contribution in [0.3, 0.4) is 0 Å². The molecule has 1 heterocycles. The lowest BCUT2D eigenvalue weighted by atomic mass is 10.1. The van der Waals surface area contributed by atoms with E-state index in [-0.39, 0.29) is 5.54 Å². The number of terminal acetylenes is 1. The van der Waals surface area contributed by atoms with E-state index in [0.29, 0.717) is 6.54 Å². The Hall–Kier alpha value is -1.53. The van der Waals surface area contributed by atoms with Crippen molar-refractivity contribution in [3.63, 3.8) is 0 Å². The summed E-state index contributed by atoms with van der Waals surface area (Å²) in [5.41, 5.74) is 2.47. The number of hydrogen-bond acceptors (Lipinski definition) is 3. The second kappa shape index (κ2) is 6.58. The lowest BCUT2D eigenvalue weighted by molar-refractivity contribution is 0.424. The van der Waals surface area contributed by atoms with Gasteiger partial charge in [0.2, 0.25) is 0 Å². The zero-order valence-electron chi connectivity index (χ0n) is 12.7. The van der Waals surface area contributed by atoms with Crippen LogP contribution in [-0.2, 0) is 13.0 Å². The van der Waals surface area contributed by atoms with Gasteiger partial charge in [0.05, 0.1) is 6.54 Å². The highest BCUT2D eigenvalue weighted by Gasteiger charge is 2.10. The zero-order valence-corrected chi connectivity index (χ0v) is 12.7. The van der Waals surface area contributed by atoms with E-state index in [0.717, 1.165) is 24.5 Å². The average Bonchev–Trinajstić information content (AvgIpc) is 2.35. The van der Waals surface area contributed by atoms with Gasteiger partial charge in [-0.3, -0.25) is 0 Å². The Morgan fingerprint density at radius 1 is 1.37 bits per heavy atom. The Kier molecular flexibility index (Phi) is 5.38. The summed E-state index contributed by atoms with van der Waals surface area (Å²) in [6, 6.07) is 4.27. The summed E-state index contributed by atoms with van der Waals surface area (Å²) in [7, 11) is 1.97. The molecule has 0 aliphatic carbocycles. The highest BCUT2D eigenvalue weighted by atomic mass is 15.2. The van der Waals surface area contributed by atoms with Crippen LogP contribution in [0.15, 0.2) is 12.1 Å². The van der Waals surface area contributed by atoms with E-state index in [9.17, 15) is 0 Å². The van der Waals surface area contributed by atoms with Crippen molar-refractivity contribution >= 4 is 5.82 Å². The molecule has 0 unspecified atom stereocenters. The first-order valence-electron chi connectivity index (χ1n) is 6.75. The number of hydrogen-bond donors (Lipinski definition) is 1. The van der Waals surface area contributed by atoms with E-state index < -0.39 is 0 Å². The molecule has 0 aromatic carbocycles. The Balaban J connectivity index is 2.92. The zero-order chi connectivity index (χ0) is 14.5. The topological polar surface area (TPSA) is 28.2 Å². The first-order valence-corrected chi connectivity index (χ1v) is 6.75. The number of anilines is 1. The summed E-state index contributed by atoms with van der Waals surface area (Å²) in [4.78, 5) is 6.62. The van der Waals surface area contributed by atoms with Gasteiger partial charge in [-0.25, -0.2) is 4.98 Å². The second-order valence-corrected chi connectivity index (χ2v) is 5.84. The van der Waals surface area contributed by atoms with Crippen LogP contribution in [-0.4, -0.2) is 24.1 Å². The minimum Gasteiger partial charge on any atom is -0.349 e. The van der Waals surface area contributed by atoms with Crippen LogP contribution in [0.2, 0.25) is 0 Å². The summed E-state index contributed by atoms with van der Waals surface area (Å²) in [6.07, 6.45) is 6.29. The average molecular weight is 259 g/mol. The van der Waals surface area contributed by atoms with Crippen LogP contribution in [0.5, 0.6) is 0 Å². The molecular weight excluding hydrogens is 234 g/mol. The molecule has 1 aromatic heterocycles. The maximum Gasteiger partial charge on any atom is 0.129 e. The fraction of sp³-hybridized carbons (Fsp3) is 0.562. The third-order valence-corrected chi connectivity index (χ3v) is 2.83. The van der Waals surface area contributed by atoms with E-state index in [4.69, 9.17) is 6.42 Å². The molecule has 0 saturated carbocycles. The van der Waals surface area contributed by atoms with Crippen molar-refractivity contribution in [1.29, 1.82) is 0 Å². The largest absolute Gasteiger partial charge is 0.349 e.